The van der Waals surface area contributed by atoms with Crippen LogP contribution < -0.4 is 5.32 Å². The highest BCUT2D eigenvalue weighted by Crippen LogP contribution is 2.09. The van der Waals surface area contributed by atoms with Crippen LogP contribution in [0.5, 0.6) is 0 Å². The number of hydrogen-bond donors (Lipinski definition) is 3. The maximum Gasteiger partial charge on any atom is 0.371 e. The lowest BCUT2D eigenvalue weighted by atomic mass is 10.0. The fourth-order valence-corrected chi connectivity index (χ4v) is 1.62. The molecule has 0 aromatic carbocycles. The van der Waals surface area contributed by atoms with E-state index in [4.69, 9.17) is 14.6 Å². The molecule has 0 aliphatic carbocycles. The van der Waals surface area contributed by atoms with Crippen LogP contribution in [0.25, 0.3) is 0 Å². The number of carboxylic acid groups (broad SMARTS) is 1. The molecule has 17 heavy (non-hydrogen) atoms. The number of carboxylic acids is 1. The highest BCUT2D eigenvalue weighted by Gasteiger charge is 2.09. The Hall–Kier alpha value is -1.33. The summed E-state index contributed by atoms with van der Waals surface area (Å²) >= 11 is 0. The predicted octanol–water partition coefficient (Wildman–Crippen LogP) is 1.48. The van der Waals surface area contributed by atoms with Crippen molar-refractivity contribution in [2.75, 3.05) is 13.2 Å². The molecule has 0 saturated carbocycles. The normalized spacial score (nSPS) is 12.6. The van der Waals surface area contributed by atoms with E-state index in [9.17, 15) is 4.79 Å². The number of furan rings is 1. The van der Waals surface area contributed by atoms with E-state index in [-0.39, 0.29) is 12.4 Å². The molecule has 0 spiro atoms. The highest BCUT2D eigenvalue weighted by molar-refractivity contribution is 5.84. The Morgan fingerprint density at radius 3 is 2.82 bits per heavy atom. The average Bonchev–Trinajstić information content (AvgIpc) is 2.77. The zero-order valence-electron chi connectivity index (χ0n) is 9.98. The molecule has 1 atom stereocenters. The molecule has 1 aromatic heterocycles. The highest BCUT2D eigenvalue weighted by atomic mass is 16.4. The quantitative estimate of drug-likeness (QED) is 0.642. The minimum Gasteiger partial charge on any atom is -0.475 e. The lowest BCUT2D eigenvalue weighted by Gasteiger charge is -2.13. The van der Waals surface area contributed by atoms with Gasteiger partial charge in [-0.15, -0.1) is 0 Å². The number of carbonyl (C=O) groups is 1. The summed E-state index contributed by atoms with van der Waals surface area (Å²) in [4.78, 5) is 10.6. The first-order valence-electron chi connectivity index (χ1n) is 5.81. The molecular weight excluding hydrogens is 222 g/mol. The van der Waals surface area contributed by atoms with Gasteiger partial charge in [0.1, 0.15) is 5.76 Å². The monoisotopic (exact) mass is 241 g/mol. The van der Waals surface area contributed by atoms with Gasteiger partial charge in [-0.2, -0.15) is 0 Å². The third-order valence-corrected chi connectivity index (χ3v) is 2.72. The maximum absolute atomic E-state index is 10.6. The molecule has 1 heterocycles. The van der Waals surface area contributed by atoms with Gasteiger partial charge in [-0.25, -0.2) is 4.79 Å². The molecule has 0 bridgehead atoms. The molecule has 0 fully saturated rings. The lowest BCUT2D eigenvalue weighted by molar-refractivity contribution is 0.0660. The Labute approximate surface area is 100 Å². The van der Waals surface area contributed by atoms with Gasteiger partial charge in [0.05, 0.1) is 6.54 Å². The van der Waals surface area contributed by atoms with E-state index in [1.807, 2.05) is 0 Å². The number of nitrogens with one attached hydrogen (secondary N) is 1. The van der Waals surface area contributed by atoms with Gasteiger partial charge < -0.3 is 19.9 Å². The fraction of sp³-hybridized carbons (Fsp3) is 0.583. The van der Waals surface area contributed by atoms with Crippen molar-refractivity contribution < 1.29 is 19.4 Å². The van der Waals surface area contributed by atoms with Crippen molar-refractivity contribution in [2.24, 2.45) is 5.92 Å². The third-order valence-electron chi connectivity index (χ3n) is 2.72. The Kier molecular flexibility index (Phi) is 5.72. The van der Waals surface area contributed by atoms with Crippen LogP contribution in [0.4, 0.5) is 0 Å². The summed E-state index contributed by atoms with van der Waals surface area (Å²) in [6.07, 6.45) is 1.79. The van der Waals surface area contributed by atoms with Crippen molar-refractivity contribution in [3.63, 3.8) is 0 Å². The van der Waals surface area contributed by atoms with Gasteiger partial charge in [-0.05, 0) is 31.0 Å². The van der Waals surface area contributed by atoms with Crippen LogP contribution in [0.2, 0.25) is 0 Å². The number of hydrogen-bond acceptors (Lipinski definition) is 4. The van der Waals surface area contributed by atoms with E-state index < -0.39 is 5.97 Å². The van der Waals surface area contributed by atoms with Crippen LogP contribution in [0.15, 0.2) is 16.5 Å². The summed E-state index contributed by atoms with van der Waals surface area (Å²) in [5.74, 6) is -0.0395. The smallest absolute Gasteiger partial charge is 0.371 e. The molecule has 1 aromatic rings. The first-order chi connectivity index (χ1) is 8.17. The Balaban J connectivity index is 2.32. The van der Waals surface area contributed by atoms with Gasteiger partial charge >= 0.3 is 5.97 Å². The van der Waals surface area contributed by atoms with Gasteiger partial charge in [0.15, 0.2) is 0 Å². The van der Waals surface area contributed by atoms with Crippen molar-refractivity contribution in [3.8, 4) is 0 Å². The molecule has 3 N–H and O–H groups in total. The molecule has 0 saturated heterocycles. The summed E-state index contributed by atoms with van der Waals surface area (Å²) in [5.41, 5.74) is 0. The van der Waals surface area contributed by atoms with E-state index in [0.717, 1.165) is 19.4 Å². The second-order valence-corrected chi connectivity index (χ2v) is 3.99. The first kappa shape index (κ1) is 13.7. The van der Waals surface area contributed by atoms with Crippen LogP contribution in [-0.4, -0.2) is 29.3 Å². The summed E-state index contributed by atoms with van der Waals surface area (Å²) in [7, 11) is 0. The number of aromatic carboxylic acids is 1. The predicted molar refractivity (Wildman–Crippen MR) is 62.9 cm³/mol. The number of rotatable bonds is 8. The zero-order chi connectivity index (χ0) is 12.7. The zero-order valence-corrected chi connectivity index (χ0v) is 9.98. The maximum atomic E-state index is 10.6. The molecule has 0 amide bonds. The second kappa shape index (κ2) is 7.09. The van der Waals surface area contributed by atoms with Crippen LogP contribution in [-0.2, 0) is 6.54 Å². The van der Waals surface area contributed by atoms with E-state index >= 15 is 0 Å². The van der Waals surface area contributed by atoms with Crippen molar-refractivity contribution in [2.45, 2.75) is 26.3 Å². The summed E-state index contributed by atoms with van der Waals surface area (Å²) in [5, 5.41) is 20.7. The number of aliphatic hydroxyl groups is 1. The summed E-state index contributed by atoms with van der Waals surface area (Å²) < 4.78 is 5.11. The molecule has 5 nitrogen and oxygen atoms in total. The minimum atomic E-state index is -1.05. The van der Waals surface area contributed by atoms with Gasteiger partial charge in [0, 0.05) is 6.61 Å². The number of aliphatic hydroxyl groups excluding tert-OH is 1. The molecule has 1 rings (SSSR count). The van der Waals surface area contributed by atoms with Crippen molar-refractivity contribution in [3.05, 3.63) is 23.7 Å². The molecular formula is C12H19NO4. The molecule has 0 radical (unpaired) electrons. The van der Waals surface area contributed by atoms with Crippen molar-refractivity contribution in [1.82, 2.24) is 5.32 Å². The third kappa shape index (κ3) is 4.58. The molecule has 0 aliphatic rings. The van der Waals surface area contributed by atoms with Crippen LogP contribution in [0.3, 0.4) is 0 Å². The van der Waals surface area contributed by atoms with E-state index in [2.05, 4.69) is 12.2 Å². The van der Waals surface area contributed by atoms with Gasteiger partial charge in [-0.3, -0.25) is 0 Å². The minimum absolute atomic E-state index is 0.0378. The standard InChI is InChI=1S/C12H19NO4/c1-2-9(5-6-14)7-13-8-10-3-4-11(17-10)12(15)16/h3-4,9,13-14H,2,5-8H2,1H3,(H,15,16). The van der Waals surface area contributed by atoms with Crippen LogP contribution in [0.1, 0.15) is 36.1 Å². The SMILES string of the molecule is CCC(CCO)CNCc1ccc(C(=O)O)o1. The van der Waals surface area contributed by atoms with Gasteiger partial charge in [-0.1, -0.05) is 13.3 Å². The van der Waals surface area contributed by atoms with Gasteiger partial charge in [0.2, 0.25) is 5.76 Å². The van der Waals surface area contributed by atoms with E-state index in [1.165, 1.54) is 6.07 Å². The Morgan fingerprint density at radius 1 is 1.53 bits per heavy atom. The van der Waals surface area contributed by atoms with Crippen LogP contribution >= 0.6 is 0 Å². The lowest BCUT2D eigenvalue weighted by Crippen LogP contribution is -2.22. The second-order valence-electron chi connectivity index (χ2n) is 3.99. The van der Waals surface area contributed by atoms with E-state index in [1.54, 1.807) is 6.07 Å². The molecule has 0 aliphatic heterocycles. The first-order valence-corrected chi connectivity index (χ1v) is 5.81. The summed E-state index contributed by atoms with van der Waals surface area (Å²) in [6.45, 7) is 3.58. The molecule has 1 unspecified atom stereocenters. The van der Waals surface area contributed by atoms with Crippen molar-refractivity contribution in [1.29, 1.82) is 0 Å². The molecule has 96 valence electrons. The van der Waals surface area contributed by atoms with Crippen molar-refractivity contribution >= 4 is 5.97 Å². The Morgan fingerprint density at radius 2 is 2.29 bits per heavy atom. The Bertz CT molecular complexity index is 348. The topological polar surface area (TPSA) is 82.7 Å². The largest absolute Gasteiger partial charge is 0.475 e. The van der Waals surface area contributed by atoms with Crippen LogP contribution in [0, 0.1) is 5.92 Å². The van der Waals surface area contributed by atoms with E-state index in [0.29, 0.717) is 18.2 Å². The fourth-order valence-electron chi connectivity index (χ4n) is 1.62. The molecule has 5 heteroatoms. The van der Waals surface area contributed by atoms with Gasteiger partial charge in [0.25, 0.3) is 0 Å². The summed E-state index contributed by atoms with van der Waals surface area (Å²) in [6, 6.07) is 3.10. The average molecular weight is 241 g/mol.